The van der Waals surface area contributed by atoms with E-state index in [0.29, 0.717) is 6.54 Å². The third kappa shape index (κ3) is 2.66. The summed E-state index contributed by atoms with van der Waals surface area (Å²) in [6.07, 6.45) is 2.61. The predicted molar refractivity (Wildman–Crippen MR) is 76.1 cm³/mol. The van der Waals surface area contributed by atoms with Crippen molar-refractivity contribution in [3.05, 3.63) is 54.5 Å². The predicted octanol–water partition coefficient (Wildman–Crippen LogP) is 2.41. The molecule has 0 fully saturated rings. The first-order chi connectivity index (χ1) is 9.52. The molecule has 7 heteroatoms. The molecule has 3 rings (SSSR count). The number of hydrogen-bond donors (Lipinski definition) is 0. The van der Waals surface area contributed by atoms with Crippen LogP contribution in [0.2, 0.25) is 0 Å². The molecule has 2 heterocycles. The Balaban J connectivity index is 1.91. The van der Waals surface area contributed by atoms with E-state index in [2.05, 4.69) is 10.1 Å². The van der Waals surface area contributed by atoms with Gasteiger partial charge in [-0.05, 0) is 12.1 Å². The SMILES string of the molecule is O=S(=O)(Cl)c1cnn(Cc2ccc3ccccc3n2)c1. The number of nitrogens with zero attached hydrogens (tertiary/aromatic N) is 3. The third-order valence-corrected chi connectivity index (χ3v) is 4.18. The molecule has 0 atom stereocenters. The molecule has 2 aromatic heterocycles. The Morgan fingerprint density at radius 3 is 2.70 bits per heavy atom. The highest BCUT2D eigenvalue weighted by Crippen LogP contribution is 2.15. The number of pyridine rings is 1. The van der Waals surface area contributed by atoms with Crippen LogP contribution in [0.4, 0.5) is 0 Å². The summed E-state index contributed by atoms with van der Waals surface area (Å²) in [5, 5.41) is 5.03. The molecule has 5 nitrogen and oxygen atoms in total. The lowest BCUT2D eigenvalue weighted by molar-refractivity contribution is 0.609. The minimum absolute atomic E-state index is 0.0139. The van der Waals surface area contributed by atoms with Crippen LogP contribution in [0.3, 0.4) is 0 Å². The lowest BCUT2D eigenvalue weighted by atomic mass is 10.2. The van der Waals surface area contributed by atoms with E-state index in [0.717, 1.165) is 16.6 Å². The molecule has 0 saturated heterocycles. The van der Waals surface area contributed by atoms with Gasteiger partial charge >= 0.3 is 0 Å². The van der Waals surface area contributed by atoms with Crippen molar-refractivity contribution in [1.82, 2.24) is 14.8 Å². The Morgan fingerprint density at radius 1 is 1.15 bits per heavy atom. The molecule has 0 aliphatic carbocycles. The second-order valence-corrected chi connectivity index (χ2v) is 6.87. The molecule has 0 bridgehead atoms. The smallest absolute Gasteiger partial charge is 0.264 e. The summed E-state index contributed by atoms with van der Waals surface area (Å²) < 4.78 is 23.8. The van der Waals surface area contributed by atoms with E-state index in [9.17, 15) is 8.42 Å². The van der Waals surface area contributed by atoms with E-state index in [1.54, 1.807) is 0 Å². The fraction of sp³-hybridized carbons (Fsp3) is 0.0769. The summed E-state index contributed by atoms with van der Waals surface area (Å²) in [6, 6.07) is 11.6. The van der Waals surface area contributed by atoms with Gasteiger partial charge in [-0.3, -0.25) is 9.67 Å². The first-order valence-corrected chi connectivity index (χ1v) is 8.15. The average Bonchev–Trinajstić information content (AvgIpc) is 2.87. The van der Waals surface area contributed by atoms with E-state index in [1.165, 1.54) is 17.1 Å². The van der Waals surface area contributed by atoms with Gasteiger partial charge in [-0.15, -0.1) is 0 Å². The van der Waals surface area contributed by atoms with E-state index in [4.69, 9.17) is 10.7 Å². The summed E-state index contributed by atoms with van der Waals surface area (Å²) in [7, 11) is 1.52. The van der Waals surface area contributed by atoms with Crippen LogP contribution in [-0.2, 0) is 15.6 Å². The van der Waals surface area contributed by atoms with Crippen molar-refractivity contribution in [3.63, 3.8) is 0 Å². The zero-order valence-corrected chi connectivity index (χ0v) is 11.8. The van der Waals surface area contributed by atoms with Gasteiger partial charge in [0.05, 0.1) is 24.0 Å². The number of aromatic nitrogens is 3. The van der Waals surface area contributed by atoms with Gasteiger partial charge in [-0.2, -0.15) is 5.10 Å². The zero-order valence-electron chi connectivity index (χ0n) is 10.3. The van der Waals surface area contributed by atoms with Gasteiger partial charge < -0.3 is 0 Å². The molecule has 102 valence electrons. The molecule has 0 unspecified atom stereocenters. The molecule has 0 N–H and O–H groups in total. The van der Waals surface area contributed by atoms with Crippen LogP contribution in [0.1, 0.15) is 5.69 Å². The highest BCUT2D eigenvalue weighted by molar-refractivity contribution is 8.13. The Morgan fingerprint density at radius 2 is 1.95 bits per heavy atom. The molecule has 0 spiro atoms. The van der Waals surface area contributed by atoms with Crippen LogP contribution in [0.15, 0.2) is 53.7 Å². The van der Waals surface area contributed by atoms with Gasteiger partial charge in [0, 0.05) is 22.3 Å². The second kappa shape index (κ2) is 4.88. The first kappa shape index (κ1) is 13.1. The lowest BCUT2D eigenvalue weighted by Gasteiger charge is -2.03. The number of fused-ring (bicyclic) bond motifs is 1. The second-order valence-electron chi connectivity index (χ2n) is 4.31. The molecular formula is C13H10ClN3O2S. The molecule has 0 amide bonds. The molecule has 0 aliphatic heterocycles. The van der Waals surface area contributed by atoms with Crippen LogP contribution in [0, 0.1) is 0 Å². The summed E-state index contributed by atoms with van der Waals surface area (Å²) in [5.41, 5.74) is 1.69. The van der Waals surface area contributed by atoms with Crippen LogP contribution in [0.25, 0.3) is 10.9 Å². The molecule has 0 radical (unpaired) electrons. The van der Waals surface area contributed by atoms with Crippen molar-refractivity contribution in [2.75, 3.05) is 0 Å². The van der Waals surface area contributed by atoms with Crippen molar-refractivity contribution in [3.8, 4) is 0 Å². The first-order valence-electron chi connectivity index (χ1n) is 5.84. The van der Waals surface area contributed by atoms with Crippen molar-refractivity contribution >= 4 is 30.6 Å². The van der Waals surface area contributed by atoms with Crippen LogP contribution >= 0.6 is 10.7 Å². The van der Waals surface area contributed by atoms with E-state index >= 15 is 0 Å². The van der Waals surface area contributed by atoms with Gasteiger partial charge in [0.25, 0.3) is 9.05 Å². The summed E-state index contributed by atoms with van der Waals surface area (Å²) in [4.78, 5) is 4.48. The molecule has 20 heavy (non-hydrogen) atoms. The van der Waals surface area contributed by atoms with Crippen LogP contribution in [0.5, 0.6) is 0 Å². The van der Waals surface area contributed by atoms with Gasteiger partial charge in [0.1, 0.15) is 4.90 Å². The van der Waals surface area contributed by atoms with Crippen molar-refractivity contribution in [1.29, 1.82) is 0 Å². The van der Waals surface area contributed by atoms with Gasteiger partial charge in [-0.1, -0.05) is 24.3 Å². The summed E-state index contributed by atoms with van der Waals surface area (Å²) >= 11 is 0. The monoisotopic (exact) mass is 307 g/mol. The number of rotatable bonds is 3. The van der Waals surface area contributed by atoms with Crippen molar-refractivity contribution in [2.45, 2.75) is 11.4 Å². The Labute approximate surface area is 120 Å². The van der Waals surface area contributed by atoms with E-state index in [-0.39, 0.29) is 4.90 Å². The van der Waals surface area contributed by atoms with Gasteiger partial charge in [0.2, 0.25) is 0 Å². The maximum Gasteiger partial charge on any atom is 0.264 e. The largest absolute Gasteiger partial charge is 0.265 e. The number of para-hydroxylation sites is 1. The van der Waals surface area contributed by atoms with E-state index < -0.39 is 9.05 Å². The highest BCUT2D eigenvalue weighted by Gasteiger charge is 2.12. The minimum Gasteiger partial charge on any atom is -0.265 e. The maximum absolute atomic E-state index is 11.2. The normalized spacial score (nSPS) is 11.8. The molecule has 3 aromatic rings. The quantitative estimate of drug-likeness (QED) is 0.697. The van der Waals surface area contributed by atoms with Gasteiger partial charge in [-0.25, -0.2) is 8.42 Å². The molecule has 0 saturated carbocycles. The van der Waals surface area contributed by atoms with E-state index in [1.807, 2.05) is 36.4 Å². The maximum atomic E-state index is 11.2. The number of halogens is 1. The van der Waals surface area contributed by atoms with Crippen LogP contribution < -0.4 is 0 Å². The van der Waals surface area contributed by atoms with Crippen LogP contribution in [-0.4, -0.2) is 23.2 Å². The standard InChI is InChI=1S/C13H10ClN3O2S/c14-20(18,19)12-7-15-17(9-12)8-11-6-5-10-3-1-2-4-13(10)16-11/h1-7,9H,8H2. The molecular weight excluding hydrogens is 298 g/mol. The Bertz CT molecular complexity index is 874. The average molecular weight is 308 g/mol. The lowest BCUT2D eigenvalue weighted by Crippen LogP contribution is -2.02. The number of benzene rings is 1. The molecule has 0 aliphatic rings. The fourth-order valence-corrected chi connectivity index (χ4v) is 2.58. The zero-order chi connectivity index (χ0) is 14.2. The summed E-state index contributed by atoms with van der Waals surface area (Å²) in [5.74, 6) is 0. The summed E-state index contributed by atoms with van der Waals surface area (Å²) in [6.45, 7) is 0.386. The third-order valence-electron chi connectivity index (χ3n) is 2.87. The Kier molecular flexibility index (Phi) is 3.19. The topological polar surface area (TPSA) is 64.8 Å². The Hall–Kier alpha value is -1.92. The highest BCUT2D eigenvalue weighted by atomic mass is 35.7. The van der Waals surface area contributed by atoms with Gasteiger partial charge in [0.15, 0.2) is 0 Å². The minimum atomic E-state index is -3.74. The number of hydrogen-bond acceptors (Lipinski definition) is 4. The molecule has 1 aromatic carbocycles. The van der Waals surface area contributed by atoms with Crippen molar-refractivity contribution in [2.24, 2.45) is 0 Å². The van der Waals surface area contributed by atoms with Crippen molar-refractivity contribution < 1.29 is 8.42 Å². The fourth-order valence-electron chi connectivity index (χ4n) is 1.92.